The second kappa shape index (κ2) is 11.3. The molecule has 0 aliphatic carbocycles. The van der Waals surface area contributed by atoms with Crippen molar-refractivity contribution in [3.63, 3.8) is 0 Å². The predicted molar refractivity (Wildman–Crippen MR) is 143 cm³/mol. The molecule has 190 valence electrons. The molecule has 1 heterocycles. The van der Waals surface area contributed by atoms with E-state index in [0.29, 0.717) is 46.2 Å². The van der Waals surface area contributed by atoms with Gasteiger partial charge in [-0.1, -0.05) is 29.8 Å². The van der Waals surface area contributed by atoms with Crippen LogP contribution < -0.4 is 24.4 Å². The van der Waals surface area contributed by atoms with Gasteiger partial charge in [-0.3, -0.25) is 14.9 Å². The van der Waals surface area contributed by atoms with Gasteiger partial charge in [0.1, 0.15) is 17.9 Å². The molecule has 0 atom stereocenters. The molecule has 1 N–H and O–H groups in total. The second-order valence-corrected chi connectivity index (χ2v) is 9.05. The molecular formula is C28H25BrN2O6. The molecule has 0 spiro atoms. The number of nitrogens with one attached hydrogen (secondary N) is 1. The summed E-state index contributed by atoms with van der Waals surface area (Å²) in [6.07, 6.45) is 1.41. The normalized spacial score (nSPS) is 14.5. The average Bonchev–Trinajstić information content (AvgIpc) is 2.87. The van der Waals surface area contributed by atoms with Gasteiger partial charge in [0.05, 0.1) is 23.9 Å². The van der Waals surface area contributed by atoms with E-state index in [1.807, 2.05) is 38.1 Å². The van der Waals surface area contributed by atoms with Crippen molar-refractivity contribution in [1.29, 1.82) is 0 Å². The Hall–Kier alpha value is -4.11. The lowest BCUT2D eigenvalue weighted by molar-refractivity contribution is -0.122. The fourth-order valence-electron chi connectivity index (χ4n) is 3.70. The Labute approximate surface area is 223 Å². The zero-order valence-corrected chi connectivity index (χ0v) is 22.1. The van der Waals surface area contributed by atoms with E-state index in [1.54, 1.807) is 36.4 Å². The van der Waals surface area contributed by atoms with E-state index < -0.39 is 17.8 Å². The van der Waals surface area contributed by atoms with Gasteiger partial charge in [0.15, 0.2) is 11.5 Å². The molecule has 0 unspecified atom stereocenters. The average molecular weight is 565 g/mol. The molecule has 4 rings (SSSR count). The van der Waals surface area contributed by atoms with Gasteiger partial charge in [-0.15, -0.1) is 0 Å². The summed E-state index contributed by atoms with van der Waals surface area (Å²) < 4.78 is 17.5. The molecule has 0 saturated carbocycles. The zero-order valence-electron chi connectivity index (χ0n) is 20.5. The van der Waals surface area contributed by atoms with Crippen LogP contribution >= 0.6 is 15.9 Å². The van der Waals surface area contributed by atoms with Crippen molar-refractivity contribution < 1.29 is 28.6 Å². The van der Waals surface area contributed by atoms with E-state index in [9.17, 15) is 14.4 Å². The van der Waals surface area contributed by atoms with Crippen LogP contribution in [0.15, 0.2) is 70.7 Å². The second-order valence-electron chi connectivity index (χ2n) is 8.19. The molecule has 0 radical (unpaired) electrons. The molecule has 1 fully saturated rings. The third kappa shape index (κ3) is 5.83. The molecule has 1 saturated heterocycles. The van der Waals surface area contributed by atoms with E-state index in [0.717, 1.165) is 16.0 Å². The third-order valence-corrected chi connectivity index (χ3v) is 6.17. The van der Waals surface area contributed by atoms with Crippen LogP contribution in [0.5, 0.6) is 17.2 Å². The molecular weight excluding hydrogens is 540 g/mol. The number of anilines is 1. The molecule has 9 heteroatoms. The summed E-state index contributed by atoms with van der Waals surface area (Å²) >= 11 is 3.52. The number of carbonyl (C=O) groups excluding carboxylic acids is 3. The SMILES string of the molecule is CCOc1cc(/C=C2\C(=O)NC(=O)N(c3ccc(OC)cc3)C2=O)cc(Br)c1OCc1ccc(C)cc1. The molecule has 0 aromatic heterocycles. The van der Waals surface area contributed by atoms with Crippen LogP contribution in [0.4, 0.5) is 10.5 Å². The smallest absolute Gasteiger partial charge is 0.335 e. The highest BCUT2D eigenvalue weighted by atomic mass is 79.9. The first kappa shape index (κ1) is 26.0. The summed E-state index contributed by atoms with van der Waals surface area (Å²) in [5.74, 6) is -0.0127. The van der Waals surface area contributed by atoms with E-state index in [1.165, 1.54) is 13.2 Å². The lowest BCUT2D eigenvalue weighted by atomic mass is 10.1. The summed E-state index contributed by atoms with van der Waals surface area (Å²) in [7, 11) is 1.51. The largest absolute Gasteiger partial charge is 0.497 e. The van der Waals surface area contributed by atoms with Crippen molar-refractivity contribution in [2.45, 2.75) is 20.5 Å². The van der Waals surface area contributed by atoms with E-state index in [4.69, 9.17) is 14.2 Å². The van der Waals surface area contributed by atoms with Gasteiger partial charge in [0.25, 0.3) is 11.8 Å². The maximum Gasteiger partial charge on any atom is 0.335 e. The lowest BCUT2D eigenvalue weighted by Crippen LogP contribution is -2.54. The van der Waals surface area contributed by atoms with E-state index in [-0.39, 0.29) is 5.57 Å². The quantitative estimate of drug-likeness (QED) is 0.290. The number of urea groups is 1. The van der Waals surface area contributed by atoms with Crippen LogP contribution in [0, 0.1) is 6.92 Å². The third-order valence-electron chi connectivity index (χ3n) is 5.58. The number of halogens is 1. The molecule has 1 aliphatic rings. The van der Waals surface area contributed by atoms with E-state index >= 15 is 0 Å². The lowest BCUT2D eigenvalue weighted by Gasteiger charge is -2.26. The Kier molecular flexibility index (Phi) is 7.93. The minimum Gasteiger partial charge on any atom is -0.497 e. The number of rotatable bonds is 8. The Morgan fingerprint density at radius 2 is 1.68 bits per heavy atom. The van der Waals surface area contributed by atoms with E-state index in [2.05, 4.69) is 21.2 Å². The Balaban J connectivity index is 1.64. The molecule has 4 amide bonds. The van der Waals surface area contributed by atoms with Crippen molar-refractivity contribution in [3.8, 4) is 17.2 Å². The fraction of sp³-hybridized carbons (Fsp3) is 0.179. The summed E-state index contributed by atoms with van der Waals surface area (Å²) in [5, 5.41) is 2.23. The first-order chi connectivity index (χ1) is 17.8. The molecule has 8 nitrogen and oxygen atoms in total. The molecule has 1 aliphatic heterocycles. The maximum absolute atomic E-state index is 13.2. The minimum absolute atomic E-state index is 0.196. The van der Waals surface area contributed by atoms with Gasteiger partial charge in [-0.25, -0.2) is 9.69 Å². The van der Waals surface area contributed by atoms with Gasteiger partial charge in [0.2, 0.25) is 0 Å². The predicted octanol–water partition coefficient (Wildman–Crippen LogP) is 5.41. The molecule has 3 aromatic carbocycles. The number of methoxy groups -OCH3 is 1. The topological polar surface area (TPSA) is 94.2 Å². The number of hydrogen-bond acceptors (Lipinski definition) is 6. The van der Waals surface area contributed by atoms with Gasteiger partial charge in [0, 0.05) is 0 Å². The van der Waals surface area contributed by atoms with Crippen molar-refractivity contribution in [3.05, 3.63) is 87.4 Å². The highest BCUT2D eigenvalue weighted by Gasteiger charge is 2.37. The number of benzene rings is 3. The summed E-state index contributed by atoms with van der Waals surface area (Å²) in [4.78, 5) is 39.2. The number of hydrogen-bond donors (Lipinski definition) is 1. The van der Waals surface area contributed by atoms with Crippen LogP contribution in [-0.2, 0) is 16.2 Å². The maximum atomic E-state index is 13.2. The summed E-state index contributed by atoms with van der Waals surface area (Å²) in [6, 6.07) is 17.0. The number of imide groups is 2. The first-order valence-corrected chi connectivity index (χ1v) is 12.3. The van der Waals surface area contributed by atoms with Crippen LogP contribution in [0.2, 0.25) is 0 Å². The molecule has 0 bridgehead atoms. The van der Waals surface area contributed by atoms with Gasteiger partial charge in [-0.2, -0.15) is 0 Å². The van der Waals surface area contributed by atoms with Gasteiger partial charge < -0.3 is 14.2 Å². The summed E-state index contributed by atoms with van der Waals surface area (Å²) in [6.45, 7) is 4.58. The first-order valence-electron chi connectivity index (χ1n) is 11.5. The highest BCUT2D eigenvalue weighted by Crippen LogP contribution is 2.38. The van der Waals surface area contributed by atoms with Crippen LogP contribution in [0.3, 0.4) is 0 Å². The van der Waals surface area contributed by atoms with Crippen molar-refractivity contribution in [2.75, 3.05) is 18.6 Å². The van der Waals surface area contributed by atoms with Crippen molar-refractivity contribution in [2.24, 2.45) is 0 Å². The zero-order chi connectivity index (χ0) is 26.5. The number of barbiturate groups is 1. The fourth-order valence-corrected chi connectivity index (χ4v) is 4.28. The van der Waals surface area contributed by atoms with Gasteiger partial charge in [-0.05, 0) is 83.4 Å². The van der Waals surface area contributed by atoms with Crippen LogP contribution in [0.1, 0.15) is 23.6 Å². The molecule has 37 heavy (non-hydrogen) atoms. The minimum atomic E-state index is -0.826. The van der Waals surface area contributed by atoms with Crippen molar-refractivity contribution in [1.82, 2.24) is 5.32 Å². The standard InChI is InChI=1S/C28H25BrN2O6/c1-4-36-24-15-19(14-23(29)25(24)37-16-18-7-5-17(2)6-8-18)13-22-26(32)30-28(34)31(27(22)33)20-9-11-21(35-3)12-10-20/h5-15H,4,16H2,1-3H3,(H,30,32,34)/b22-13+. The number of amides is 4. The number of nitrogens with zero attached hydrogens (tertiary/aromatic N) is 1. The Bertz CT molecular complexity index is 1370. The van der Waals surface area contributed by atoms with Crippen LogP contribution in [-0.4, -0.2) is 31.6 Å². The Morgan fingerprint density at radius 3 is 2.32 bits per heavy atom. The van der Waals surface area contributed by atoms with Crippen molar-refractivity contribution >= 4 is 45.5 Å². The number of aryl methyl sites for hydroxylation is 1. The number of carbonyl (C=O) groups is 3. The Morgan fingerprint density at radius 1 is 0.973 bits per heavy atom. The highest BCUT2D eigenvalue weighted by molar-refractivity contribution is 9.10. The summed E-state index contributed by atoms with van der Waals surface area (Å²) in [5.41, 5.74) is 2.78. The van der Waals surface area contributed by atoms with Gasteiger partial charge >= 0.3 is 6.03 Å². The number of ether oxygens (including phenoxy) is 3. The monoisotopic (exact) mass is 564 g/mol. The van der Waals surface area contributed by atoms with Crippen LogP contribution in [0.25, 0.3) is 6.08 Å². The molecule has 3 aromatic rings.